The van der Waals surface area contributed by atoms with Gasteiger partial charge in [0.25, 0.3) is 0 Å². The highest BCUT2D eigenvalue weighted by atomic mass is 16.8. The highest BCUT2D eigenvalue weighted by Crippen LogP contribution is 2.74. The quantitative estimate of drug-likeness (QED) is 0.429. The second kappa shape index (κ2) is 6.32. The SMILES string of the molecule is C[C@]12C(=O)C[C@H](O)C=C1C=C[C@@H]1[C@@H]2CC[C@]2(O)C(=O)O[C@@]3(C)[C@H]4C[C@@]5(C)C6C(=O)[C@@]1(OC[C@H]5C(=O)O4)OC632. The highest BCUT2D eigenvalue weighted by Gasteiger charge is 2.93. The summed E-state index contributed by atoms with van der Waals surface area (Å²) in [4.78, 5) is 55.4. The molecule has 10 nitrogen and oxygen atoms in total. The van der Waals surface area contributed by atoms with E-state index in [-0.39, 0.29) is 38.1 Å². The number of hydrogen-bond acceptors (Lipinski definition) is 10. The molecule has 10 heteroatoms. The number of allylic oxidation sites excluding steroid dienone is 2. The van der Waals surface area contributed by atoms with Gasteiger partial charge in [0, 0.05) is 12.3 Å². The van der Waals surface area contributed by atoms with Crippen LogP contribution in [0.2, 0.25) is 0 Å². The number of esters is 2. The Hall–Kier alpha value is -2.40. The Labute approximate surface area is 218 Å². The molecule has 8 rings (SSSR count). The van der Waals surface area contributed by atoms with Gasteiger partial charge in [0.15, 0.2) is 22.6 Å². The summed E-state index contributed by atoms with van der Waals surface area (Å²) < 4.78 is 25.0. The molecular weight excluding hydrogens is 496 g/mol. The maximum absolute atomic E-state index is 14.8. The molecule has 6 fully saturated rings. The van der Waals surface area contributed by atoms with Crippen molar-refractivity contribution in [2.24, 2.45) is 34.5 Å². The van der Waals surface area contributed by atoms with Crippen LogP contribution in [0.25, 0.3) is 0 Å². The fourth-order valence-corrected chi connectivity index (χ4v) is 9.89. The zero-order chi connectivity index (χ0) is 26.8. The van der Waals surface area contributed by atoms with E-state index < -0.39 is 87.0 Å². The van der Waals surface area contributed by atoms with E-state index in [1.54, 1.807) is 32.1 Å². The Balaban J connectivity index is 1.43. The molecule has 5 aliphatic heterocycles. The van der Waals surface area contributed by atoms with E-state index >= 15 is 0 Å². The minimum atomic E-state index is -2.23. The van der Waals surface area contributed by atoms with Crippen LogP contribution in [-0.4, -0.2) is 75.1 Å². The van der Waals surface area contributed by atoms with Crippen molar-refractivity contribution in [1.29, 1.82) is 0 Å². The lowest BCUT2D eigenvalue weighted by Gasteiger charge is -2.62. The predicted molar refractivity (Wildman–Crippen MR) is 124 cm³/mol. The van der Waals surface area contributed by atoms with Gasteiger partial charge in [-0.3, -0.25) is 14.4 Å². The first kappa shape index (κ1) is 23.5. The number of carbonyl (C=O) groups excluding carboxylic acids is 4. The van der Waals surface area contributed by atoms with Gasteiger partial charge >= 0.3 is 11.9 Å². The number of fused-ring (bicyclic) bond motifs is 5. The van der Waals surface area contributed by atoms with Crippen molar-refractivity contribution in [3.63, 3.8) is 0 Å². The first-order valence-corrected chi connectivity index (χ1v) is 13.5. The largest absolute Gasteiger partial charge is 0.458 e. The number of ether oxygens (including phenoxy) is 4. The van der Waals surface area contributed by atoms with E-state index in [1.165, 1.54) is 0 Å². The maximum atomic E-state index is 14.8. The van der Waals surface area contributed by atoms with Crippen LogP contribution in [0.4, 0.5) is 0 Å². The first-order chi connectivity index (χ1) is 17.8. The molecule has 0 aromatic carbocycles. The third-order valence-electron chi connectivity index (χ3n) is 11.9. The fraction of sp³-hybridized carbons (Fsp3) is 0.714. The smallest absolute Gasteiger partial charge is 0.342 e. The number of carbonyl (C=O) groups is 4. The second-order valence-corrected chi connectivity index (χ2v) is 13.2. The average Bonchev–Trinajstić information content (AvgIpc) is 3.16. The monoisotopic (exact) mass is 526 g/mol. The molecule has 202 valence electrons. The molecule has 0 radical (unpaired) electrons. The molecule has 38 heavy (non-hydrogen) atoms. The van der Waals surface area contributed by atoms with Crippen LogP contribution < -0.4 is 0 Å². The minimum absolute atomic E-state index is 0.0790. The molecule has 1 saturated carbocycles. The molecule has 8 aliphatic rings. The lowest BCUT2D eigenvalue weighted by atomic mass is 9.46. The van der Waals surface area contributed by atoms with Gasteiger partial charge in [-0.05, 0) is 50.0 Å². The number of aliphatic hydroxyl groups is 2. The Morgan fingerprint density at radius 2 is 1.87 bits per heavy atom. The number of rotatable bonds is 0. The molecular formula is C28H30O10. The van der Waals surface area contributed by atoms with Crippen molar-refractivity contribution in [3.8, 4) is 0 Å². The molecule has 5 bridgehead atoms. The van der Waals surface area contributed by atoms with E-state index in [9.17, 15) is 29.4 Å². The molecule has 12 atom stereocenters. The standard InChI is InChI=1S/C28H30O10/c1-23-10-18-25(3)28-19(23)20(31)27(38-28,35-11-16(23)21(32)36-18)15-5-4-12-8-13(29)9-17(30)24(12,2)14(15)6-7-26(28,34)22(33)37-25/h4-5,8,13-16,18-19,29,34H,6-7,9-11H2,1-3H3/t13-,14+,15-,16+,18-,19?,23-,24+,25+,26+,27+,28?/m1/s1. The van der Waals surface area contributed by atoms with Crippen molar-refractivity contribution < 1.29 is 48.3 Å². The molecule has 3 aliphatic carbocycles. The zero-order valence-electron chi connectivity index (χ0n) is 21.4. The van der Waals surface area contributed by atoms with Gasteiger partial charge in [0.2, 0.25) is 5.79 Å². The molecule has 5 saturated heterocycles. The minimum Gasteiger partial charge on any atom is -0.458 e. The van der Waals surface area contributed by atoms with E-state index in [0.29, 0.717) is 5.57 Å². The van der Waals surface area contributed by atoms with Crippen molar-refractivity contribution >= 4 is 23.5 Å². The van der Waals surface area contributed by atoms with Crippen molar-refractivity contribution in [2.45, 2.75) is 81.3 Å². The summed E-state index contributed by atoms with van der Waals surface area (Å²) in [6, 6.07) is 0. The lowest BCUT2D eigenvalue weighted by molar-refractivity contribution is -0.370. The van der Waals surface area contributed by atoms with E-state index in [2.05, 4.69) is 0 Å². The topological polar surface area (TPSA) is 146 Å². The summed E-state index contributed by atoms with van der Waals surface area (Å²) in [5.41, 5.74) is -7.17. The van der Waals surface area contributed by atoms with Crippen LogP contribution in [0.1, 0.15) is 46.5 Å². The molecule has 5 heterocycles. The van der Waals surface area contributed by atoms with Crippen LogP contribution >= 0.6 is 0 Å². The second-order valence-electron chi connectivity index (χ2n) is 13.2. The third-order valence-corrected chi connectivity index (χ3v) is 11.9. The summed E-state index contributed by atoms with van der Waals surface area (Å²) >= 11 is 0. The summed E-state index contributed by atoms with van der Waals surface area (Å²) in [5, 5.41) is 22.7. The summed E-state index contributed by atoms with van der Waals surface area (Å²) in [5.74, 6) is -7.21. The molecule has 2 spiro atoms. The maximum Gasteiger partial charge on any atom is 0.342 e. The normalized spacial score (nSPS) is 59.2. The molecule has 2 N–H and O–H groups in total. The average molecular weight is 527 g/mol. The van der Waals surface area contributed by atoms with Gasteiger partial charge in [-0.1, -0.05) is 25.2 Å². The number of hydrogen-bond donors (Lipinski definition) is 2. The molecule has 0 aromatic heterocycles. The van der Waals surface area contributed by atoms with Gasteiger partial charge in [0.05, 0.1) is 30.0 Å². The first-order valence-electron chi connectivity index (χ1n) is 13.5. The predicted octanol–water partition coefficient (Wildman–Crippen LogP) is 0.528. The van der Waals surface area contributed by atoms with E-state index in [0.717, 1.165) is 0 Å². The lowest BCUT2D eigenvalue weighted by Crippen LogP contribution is -2.79. The number of ketones is 2. The van der Waals surface area contributed by atoms with E-state index in [4.69, 9.17) is 18.9 Å². The van der Waals surface area contributed by atoms with Crippen LogP contribution in [0.5, 0.6) is 0 Å². The van der Waals surface area contributed by atoms with Crippen LogP contribution in [0.3, 0.4) is 0 Å². The van der Waals surface area contributed by atoms with Crippen molar-refractivity contribution in [3.05, 3.63) is 23.8 Å². The Morgan fingerprint density at radius 3 is 2.63 bits per heavy atom. The van der Waals surface area contributed by atoms with Crippen molar-refractivity contribution in [2.75, 3.05) is 6.61 Å². The van der Waals surface area contributed by atoms with Gasteiger partial charge in [0.1, 0.15) is 11.9 Å². The number of aliphatic hydroxyl groups excluding tert-OH is 1. The number of Topliss-reactive ketones (excluding diaryl/α,β-unsaturated/α-hetero) is 2. The Bertz CT molecular complexity index is 1330. The van der Waals surface area contributed by atoms with Gasteiger partial charge in [-0.2, -0.15) is 0 Å². The van der Waals surface area contributed by atoms with Crippen LogP contribution in [0, 0.1) is 34.5 Å². The molecule has 2 unspecified atom stereocenters. The van der Waals surface area contributed by atoms with Gasteiger partial charge in [-0.15, -0.1) is 0 Å². The Morgan fingerprint density at radius 1 is 1.11 bits per heavy atom. The Kier molecular flexibility index (Phi) is 3.91. The molecule has 0 amide bonds. The fourth-order valence-electron chi connectivity index (χ4n) is 9.89. The molecule has 0 aromatic rings. The summed E-state index contributed by atoms with van der Waals surface area (Å²) in [6.45, 7) is 5.07. The summed E-state index contributed by atoms with van der Waals surface area (Å²) in [7, 11) is 0. The van der Waals surface area contributed by atoms with Crippen LogP contribution in [0.15, 0.2) is 23.8 Å². The van der Waals surface area contributed by atoms with Gasteiger partial charge < -0.3 is 29.2 Å². The van der Waals surface area contributed by atoms with Crippen LogP contribution in [-0.2, 0) is 38.1 Å². The van der Waals surface area contributed by atoms with Gasteiger partial charge in [-0.25, -0.2) is 4.79 Å². The highest BCUT2D eigenvalue weighted by molar-refractivity contribution is 6.00. The van der Waals surface area contributed by atoms with Crippen molar-refractivity contribution in [1.82, 2.24) is 0 Å². The third kappa shape index (κ3) is 2.03. The summed E-state index contributed by atoms with van der Waals surface area (Å²) in [6.07, 6.45) is 3.65. The zero-order valence-corrected chi connectivity index (χ0v) is 21.4. The van der Waals surface area contributed by atoms with E-state index in [1.807, 2.05) is 6.92 Å².